The van der Waals surface area contributed by atoms with Gasteiger partial charge >= 0.3 is 0 Å². The Morgan fingerprint density at radius 2 is 2.50 bits per heavy atom. The highest BCUT2D eigenvalue weighted by Gasteiger charge is 2.57. The van der Waals surface area contributed by atoms with Gasteiger partial charge in [-0.3, -0.25) is 4.79 Å². The lowest BCUT2D eigenvalue weighted by molar-refractivity contribution is -0.124. The Morgan fingerprint density at radius 3 is 3.00 bits per heavy atom. The second-order valence-electron chi connectivity index (χ2n) is 4.94. The van der Waals surface area contributed by atoms with Gasteiger partial charge in [-0.25, -0.2) is 0 Å². The van der Waals surface area contributed by atoms with E-state index in [1.807, 2.05) is 6.92 Å². The molecular formula is C11H17NO2. The van der Waals surface area contributed by atoms with Crippen molar-refractivity contribution >= 4 is 5.78 Å². The summed E-state index contributed by atoms with van der Waals surface area (Å²) in [5.41, 5.74) is -0.0734. The zero-order chi connectivity index (χ0) is 9.76. The van der Waals surface area contributed by atoms with Crippen molar-refractivity contribution in [3.8, 4) is 0 Å². The molecule has 3 nitrogen and oxygen atoms in total. The summed E-state index contributed by atoms with van der Waals surface area (Å²) < 4.78 is 6.01. The van der Waals surface area contributed by atoms with Gasteiger partial charge in [0.05, 0.1) is 5.60 Å². The number of hydrogen-bond donors (Lipinski definition) is 0. The molecule has 78 valence electrons. The van der Waals surface area contributed by atoms with E-state index in [1.165, 1.54) is 13.0 Å². The van der Waals surface area contributed by atoms with Crippen LogP contribution in [0.4, 0.5) is 0 Å². The molecule has 0 N–H and O–H groups in total. The molecule has 3 heteroatoms. The maximum Gasteiger partial charge on any atom is 0.164 e. The molecule has 0 aromatic carbocycles. The van der Waals surface area contributed by atoms with E-state index in [4.69, 9.17) is 4.74 Å². The van der Waals surface area contributed by atoms with Gasteiger partial charge in [0.15, 0.2) is 5.78 Å². The van der Waals surface area contributed by atoms with Crippen LogP contribution in [0.1, 0.15) is 26.2 Å². The molecule has 0 aromatic rings. The molecule has 3 aliphatic rings. The molecule has 3 rings (SSSR count). The van der Waals surface area contributed by atoms with Gasteiger partial charge in [-0.15, -0.1) is 0 Å². The van der Waals surface area contributed by atoms with E-state index in [0.29, 0.717) is 18.1 Å². The van der Waals surface area contributed by atoms with Gasteiger partial charge in [-0.2, -0.15) is 0 Å². The summed E-state index contributed by atoms with van der Waals surface area (Å²) in [6.07, 6.45) is 2.64. The summed E-state index contributed by atoms with van der Waals surface area (Å²) in [4.78, 5) is 14.1. The van der Waals surface area contributed by atoms with Crippen LogP contribution in [-0.4, -0.2) is 42.0 Å². The van der Waals surface area contributed by atoms with Crippen LogP contribution in [0, 0.1) is 5.92 Å². The number of piperidine rings is 1. The van der Waals surface area contributed by atoms with Gasteiger partial charge in [-0.05, 0) is 19.4 Å². The monoisotopic (exact) mass is 195 g/mol. The molecule has 0 aliphatic carbocycles. The van der Waals surface area contributed by atoms with Crippen LogP contribution in [0.5, 0.6) is 0 Å². The second kappa shape index (κ2) is 2.80. The van der Waals surface area contributed by atoms with E-state index < -0.39 is 0 Å². The Bertz CT molecular complexity index is 278. The summed E-state index contributed by atoms with van der Waals surface area (Å²) >= 11 is 0. The van der Waals surface area contributed by atoms with Crippen LogP contribution < -0.4 is 0 Å². The number of carbonyl (C=O) groups excluding carboxylic acids is 1. The van der Waals surface area contributed by atoms with Crippen LogP contribution in [0.25, 0.3) is 0 Å². The Labute approximate surface area is 84.4 Å². The minimum atomic E-state index is -0.101. The zero-order valence-electron chi connectivity index (χ0n) is 8.66. The fourth-order valence-electron chi connectivity index (χ4n) is 3.36. The first-order chi connectivity index (χ1) is 6.73. The van der Waals surface area contributed by atoms with Crippen molar-refractivity contribution in [2.75, 3.05) is 19.6 Å². The van der Waals surface area contributed by atoms with Gasteiger partial charge in [0.25, 0.3) is 0 Å². The molecule has 4 atom stereocenters. The maximum absolute atomic E-state index is 11.7. The summed E-state index contributed by atoms with van der Waals surface area (Å²) in [5, 5.41) is 0. The first-order valence-corrected chi connectivity index (χ1v) is 5.66. The number of Topliss-reactive ketones (excluding diaryl/α,β-unsaturated/α-hetero) is 1. The van der Waals surface area contributed by atoms with Crippen molar-refractivity contribution in [2.45, 2.75) is 37.9 Å². The first kappa shape index (κ1) is 8.86. The van der Waals surface area contributed by atoms with E-state index in [9.17, 15) is 4.79 Å². The fourth-order valence-corrected chi connectivity index (χ4v) is 3.36. The van der Waals surface area contributed by atoms with Gasteiger partial charge in [0.2, 0.25) is 0 Å². The fraction of sp³-hybridized carbons (Fsp3) is 0.909. The van der Waals surface area contributed by atoms with Crippen molar-refractivity contribution in [1.82, 2.24) is 4.90 Å². The number of ketones is 1. The van der Waals surface area contributed by atoms with Crippen LogP contribution in [0.3, 0.4) is 0 Å². The first-order valence-electron chi connectivity index (χ1n) is 5.66. The van der Waals surface area contributed by atoms with E-state index in [0.717, 1.165) is 19.5 Å². The third-order valence-electron chi connectivity index (χ3n) is 4.09. The lowest BCUT2D eigenvalue weighted by atomic mass is 9.85. The smallest absolute Gasteiger partial charge is 0.164 e. The number of nitrogens with zero attached hydrogens (tertiary/aromatic N) is 1. The van der Waals surface area contributed by atoms with Crippen molar-refractivity contribution in [1.29, 1.82) is 0 Å². The summed E-state index contributed by atoms with van der Waals surface area (Å²) in [7, 11) is 0. The average molecular weight is 195 g/mol. The Kier molecular flexibility index (Phi) is 1.77. The van der Waals surface area contributed by atoms with E-state index in [-0.39, 0.29) is 11.7 Å². The maximum atomic E-state index is 11.7. The molecular weight excluding hydrogens is 178 g/mol. The predicted octanol–water partition coefficient (Wildman–Crippen LogP) is 0.829. The molecule has 3 aliphatic heterocycles. The molecule has 14 heavy (non-hydrogen) atoms. The van der Waals surface area contributed by atoms with E-state index in [2.05, 4.69) is 4.90 Å². The molecule has 3 heterocycles. The molecule has 0 aromatic heterocycles. The SMILES string of the molecule is CC[C@@H]1O[C@@]2(CC1=O)CN1CCC2C1. The predicted molar refractivity (Wildman–Crippen MR) is 52.1 cm³/mol. The summed E-state index contributed by atoms with van der Waals surface area (Å²) in [6, 6.07) is 0. The lowest BCUT2D eigenvalue weighted by Crippen LogP contribution is -2.42. The summed E-state index contributed by atoms with van der Waals surface area (Å²) in [6.45, 7) is 5.40. The van der Waals surface area contributed by atoms with Crippen LogP contribution in [-0.2, 0) is 9.53 Å². The highest BCUT2D eigenvalue weighted by molar-refractivity contribution is 5.86. The van der Waals surface area contributed by atoms with E-state index in [1.54, 1.807) is 0 Å². The molecule has 0 saturated carbocycles. The number of ether oxygens (including phenoxy) is 1. The molecule has 0 amide bonds. The molecule has 2 unspecified atom stereocenters. The van der Waals surface area contributed by atoms with Crippen molar-refractivity contribution in [3.05, 3.63) is 0 Å². The standard InChI is InChI=1S/C11H17NO2/c1-2-10-9(13)5-11(14-10)7-12-4-3-8(11)6-12/h8,10H,2-7H2,1H3/t8?,10-,11-/m0/s1. The minimum absolute atomic E-state index is 0.0734. The highest BCUT2D eigenvalue weighted by Crippen LogP contribution is 2.45. The zero-order valence-corrected chi connectivity index (χ0v) is 8.66. The third kappa shape index (κ3) is 1.03. The average Bonchev–Trinajstić information content (AvgIpc) is 2.80. The van der Waals surface area contributed by atoms with Gasteiger partial charge in [0.1, 0.15) is 6.10 Å². The van der Waals surface area contributed by atoms with Crippen molar-refractivity contribution in [3.63, 3.8) is 0 Å². The molecule has 3 saturated heterocycles. The van der Waals surface area contributed by atoms with Gasteiger partial charge < -0.3 is 9.64 Å². The Balaban J connectivity index is 1.83. The van der Waals surface area contributed by atoms with Crippen LogP contribution in [0.2, 0.25) is 0 Å². The minimum Gasteiger partial charge on any atom is -0.362 e. The highest BCUT2D eigenvalue weighted by atomic mass is 16.5. The Morgan fingerprint density at radius 1 is 1.64 bits per heavy atom. The number of hydrogen-bond acceptors (Lipinski definition) is 3. The summed E-state index contributed by atoms with van der Waals surface area (Å²) in [5.74, 6) is 0.962. The van der Waals surface area contributed by atoms with Crippen molar-refractivity contribution in [2.24, 2.45) is 5.92 Å². The Hall–Kier alpha value is -0.410. The normalized spacial score (nSPS) is 50.9. The van der Waals surface area contributed by atoms with Crippen LogP contribution >= 0.6 is 0 Å². The number of rotatable bonds is 1. The third-order valence-corrected chi connectivity index (χ3v) is 4.09. The lowest BCUT2D eigenvalue weighted by Gasteiger charge is -2.32. The largest absolute Gasteiger partial charge is 0.362 e. The number of fused-ring (bicyclic) bond motifs is 3. The topological polar surface area (TPSA) is 29.5 Å². The molecule has 2 bridgehead atoms. The van der Waals surface area contributed by atoms with Crippen LogP contribution in [0.15, 0.2) is 0 Å². The second-order valence-corrected chi connectivity index (χ2v) is 4.94. The molecule has 0 radical (unpaired) electrons. The molecule has 1 spiro atoms. The quantitative estimate of drug-likeness (QED) is 0.620. The van der Waals surface area contributed by atoms with Gasteiger partial charge in [-0.1, -0.05) is 6.92 Å². The van der Waals surface area contributed by atoms with Gasteiger partial charge in [0, 0.05) is 25.4 Å². The van der Waals surface area contributed by atoms with Crippen molar-refractivity contribution < 1.29 is 9.53 Å². The van der Waals surface area contributed by atoms with E-state index >= 15 is 0 Å². The number of carbonyl (C=O) groups is 1. The molecule has 3 fully saturated rings.